The van der Waals surface area contributed by atoms with Gasteiger partial charge in [-0.05, 0) is 30.5 Å². The Morgan fingerprint density at radius 1 is 1.36 bits per heavy atom. The quantitative estimate of drug-likeness (QED) is 0.784. The van der Waals surface area contributed by atoms with E-state index >= 15 is 0 Å². The summed E-state index contributed by atoms with van der Waals surface area (Å²) in [4.78, 5) is 10.7. The van der Waals surface area contributed by atoms with Crippen molar-refractivity contribution in [1.82, 2.24) is 0 Å². The fourth-order valence-corrected chi connectivity index (χ4v) is 1.37. The summed E-state index contributed by atoms with van der Waals surface area (Å²) in [7, 11) is 0. The molecule has 0 bridgehead atoms. The number of carboxylic acid groups (broad SMARTS) is 1. The molecule has 0 aliphatic rings. The lowest BCUT2D eigenvalue weighted by Crippen LogP contribution is -2.02. The van der Waals surface area contributed by atoms with Crippen molar-refractivity contribution in [1.29, 1.82) is 0 Å². The lowest BCUT2D eigenvalue weighted by Gasteiger charge is -2.05. The Kier molecular flexibility index (Phi) is 5.61. The molecule has 1 aromatic rings. The minimum absolute atomic E-state index is 0.428. The van der Waals surface area contributed by atoms with E-state index in [-0.39, 0.29) is 0 Å². The maximum Gasteiger partial charge on any atom is 0.335 e. The molecule has 0 unspecified atom stereocenters. The first-order chi connectivity index (χ1) is 6.66. The van der Waals surface area contributed by atoms with Gasteiger partial charge >= 0.3 is 5.97 Å². The molecule has 0 radical (unpaired) electrons. The predicted molar refractivity (Wildman–Crippen MR) is 58.9 cm³/mol. The van der Waals surface area contributed by atoms with Gasteiger partial charge in [-0.3, -0.25) is 0 Å². The largest absolute Gasteiger partial charge is 0.478 e. The molecule has 0 aromatic heterocycles. The molecule has 0 aliphatic heterocycles. The third-order valence-corrected chi connectivity index (χ3v) is 1.99. The number of rotatable bonds is 2. The van der Waals surface area contributed by atoms with Crippen LogP contribution >= 0.6 is 0 Å². The average molecular weight is 194 g/mol. The molecule has 0 aliphatic carbocycles. The molecule has 2 nitrogen and oxygen atoms in total. The molecule has 0 atom stereocenters. The standard InChI is InChI=1S/C10H12O2.C2H6/c1-3-8-7(2)5-4-6-9(8)10(11)12;1-2/h4-6H,3H2,1-2H3,(H,11,12);1-2H3. The number of hydrogen-bond donors (Lipinski definition) is 1. The molecule has 0 heterocycles. The van der Waals surface area contributed by atoms with Gasteiger partial charge < -0.3 is 5.11 Å². The lowest BCUT2D eigenvalue weighted by molar-refractivity contribution is 0.0695. The molecular formula is C12H18O2. The highest BCUT2D eigenvalue weighted by molar-refractivity contribution is 5.89. The van der Waals surface area contributed by atoms with Gasteiger partial charge in [0.05, 0.1) is 5.56 Å². The minimum atomic E-state index is -0.837. The van der Waals surface area contributed by atoms with Crippen LogP contribution in [0.5, 0.6) is 0 Å². The van der Waals surface area contributed by atoms with Gasteiger partial charge in [-0.1, -0.05) is 32.9 Å². The smallest absolute Gasteiger partial charge is 0.335 e. The Morgan fingerprint density at radius 2 is 1.93 bits per heavy atom. The maximum absolute atomic E-state index is 10.7. The molecular weight excluding hydrogens is 176 g/mol. The first-order valence-electron chi connectivity index (χ1n) is 4.98. The predicted octanol–water partition coefficient (Wildman–Crippen LogP) is 3.28. The highest BCUT2D eigenvalue weighted by atomic mass is 16.4. The summed E-state index contributed by atoms with van der Waals surface area (Å²) in [5.41, 5.74) is 2.42. The van der Waals surface area contributed by atoms with Crippen molar-refractivity contribution in [3.8, 4) is 0 Å². The van der Waals surface area contributed by atoms with Crippen LogP contribution in [-0.4, -0.2) is 11.1 Å². The van der Waals surface area contributed by atoms with Crippen molar-refractivity contribution in [3.63, 3.8) is 0 Å². The lowest BCUT2D eigenvalue weighted by atomic mass is 10.00. The second-order valence-electron chi connectivity index (χ2n) is 2.76. The van der Waals surface area contributed by atoms with Crippen LogP contribution < -0.4 is 0 Å². The maximum atomic E-state index is 10.7. The molecule has 0 fully saturated rings. The van der Waals surface area contributed by atoms with Crippen molar-refractivity contribution >= 4 is 5.97 Å². The normalized spacial score (nSPS) is 8.86. The summed E-state index contributed by atoms with van der Waals surface area (Å²) in [5, 5.41) is 8.82. The van der Waals surface area contributed by atoms with E-state index in [1.165, 1.54) is 0 Å². The van der Waals surface area contributed by atoms with E-state index in [2.05, 4.69) is 0 Å². The highest BCUT2D eigenvalue weighted by Gasteiger charge is 2.08. The van der Waals surface area contributed by atoms with E-state index in [0.717, 1.165) is 17.5 Å². The van der Waals surface area contributed by atoms with Crippen LogP contribution in [-0.2, 0) is 6.42 Å². The minimum Gasteiger partial charge on any atom is -0.478 e. The number of aromatic carboxylic acids is 1. The number of hydrogen-bond acceptors (Lipinski definition) is 1. The van der Waals surface area contributed by atoms with Gasteiger partial charge in [0, 0.05) is 0 Å². The van der Waals surface area contributed by atoms with Crippen molar-refractivity contribution in [2.75, 3.05) is 0 Å². The molecule has 1 N–H and O–H groups in total. The van der Waals surface area contributed by atoms with Gasteiger partial charge in [0.1, 0.15) is 0 Å². The summed E-state index contributed by atoms with van der Waals surface area (Å²) >= 11 is 0. The Hall–Kier alpha value is -1.31. The average Bonchev–Trinajstić information content (AvgIpc) is 2.20. The molecule has 78 valence electrons. The number of carboxylic acids is 1. The summed E-state index contributed by atoms with van der Waals surface area (Å²) in [5.74, 6) is -0.837. The van der Waals surface area contributed by atoms with Crippen LogP contribution in [0.1, 0.15) is 42.3 Å². The van der Waals surface area contributed by atoms with E-state index in [1.54, 1.807) is 12.1 Å². The number of benzene rings is 1. The summed E-state index contributed by atoms with van der Waals surface area (Å²) in [6.45, 7) is 7.90. The Labute approximate surface area is 85.6 Å². The highest BCUT2D eigenvalue weighted by Crippen LogP contribution is 2.14. The van der Waals surface area contributed by atoms with Crippen LogP contribution in [0, 0.1) is 6.92 Å². The fourth-order valence-electron chi connectivity index (χ4n) is 1.37. The van der Waals surface area contributed by atoms with Gasteiger partial charge in [0.2, 0.25) is 0 Å². The van der Waals surface area contributed by atoms with Crippen molar-refractivity contribution < 1.29 is 9.90 Å². The number of aryl methyl sites for hydroxylation is 1. The SMILES string of the molecule is CC.CCc1c(C)cccc1C(=O)O. The van der Waals surface area contributed by atoms with Gasteiger partial charge in [0.15, 0.2) is 0 Å². The third-order valence-electron chi connectivity index (χ3n) is 1.99. The topological polar surface area (TPSA) is 37.3 Å². The zero-order valence-corrected chi connectivity index (χ0v) is 9.29. The molecule has 0 saturated heterocycles. The van der Waals surface area contributed by atoms with Crippen LogP contribution in [0.3, 0.4) is 0 Å². The van der Waals surface area contributed by atoms with Gasteiger partial charge in [-0.15, -0.1) is 0 Å². The molecule has 1 rings (SSSR count). The van der Waals surface area contributed by atoms with Gasteiger partial charge in [0.25, 0.3) is 0 Å². The van der Waals surface area contributed by atoms with Crippen molar-refractivity contribution in [2.45, 2.75) is 34.1 Å². The zero-order valence-electron chi connectivity index (χ0n) is 9.29. The van der Waals surface area contributed by atoms with Crippen LogP contribution in [0.25, 0.3) is 0 Å². The molecule has 1 aromatic carbocycles. The Balaban J connectivity index is 0.000000791. The molecule has 2 heteroatoms. The van der Waals surface area contributed by atoms with E-state index in [0.29, 0.717) is 5.56 Å². The summed E-state index contributed by atoms with van der Waals surface area (Å²) in [6.07, 6.45) is 0.772. The Bertz CT molecular complexity index is 303. The third kappa shape index (κ3) is 2.87. The summed E-state index contributed by atoms with van der Waals surface area (Å²) in [6, 6.07) is 5.36. The van der Waals surface area contributed by atoms with Crippen LogP contribution in [0.4, 0.5) is 0 Å². The van der Waals surface area contributed by atoms with E-state index < -0.39 is 5.97 Å². The van der Waals surface area contributed by atoms with Gasteiger partial charge in [-0.25, -0.2) is 4.79 Å². The van der Waals surface area contributed by atoms with Crippen molar-refractivity contribution in [3.05, 3.63) is 34.9 Å². The zero-order chi connectivity index (χ0) is 11.1. The van der Waals surface area contributed by atoms with Crippen LogP contribution in [0.2, 0.25) is 0 Å². The first-order valence-corrected chi connectivity index (χ1v) is 4.98. The van der Waals surface area contributed by atoms with Gasteiger partial charge in [-0.2, -0.15) is 0 Å². The van der Waals surface area contributed by atoms with Crippen molar-refractivity contribution in [2.24, 2.45) is 0 Å². The summed E-state index contributed by atoms with van der Waals surface area (Å²) < 4.78 is 0. The monoisotopic (exact) mass is 194 g/mol. The second kappa shape index (κ2) is 6.19. The Morgan fingerprint density at radius 3 is 2.29 bits per heavy atom. The van der Waals surface area contributed by atoms with E-state index in [9.17, 15) is 4.79 Å². The fraction of sp³-hybridized carbons (Fsp3) is 0.417. The van der Waals surface area contributed by atoms with E-state index in [1.807, 2.05) is 33.8 Å². The van der Waals surface area contributed by atoms with Crippen LogP contribution in [0.15, 0.2) is 18.2 Å². The first kappa shape index (κ1) is 12.7. The van der Waals surface area contributed by atoms with E-state index in [4.69, 9.17) is 5.11 Å². The molecule has 0 spiro atoms. The molecule has 14 heavy (non-hydrogen) atoms. The molecule has 0 saturated carbocycles. The number of carbonyl (C=O) groups is 1. The second-order valence-corrected chi connectivity index (χ2v) is 2.76. The molecule has 0 amide bonds.